The average molecular weight is 605 g/mol. The zero-order valence-electron chi connectivity index (χ0n) is 23.7. The fraction of sp³-hybridized carbons (Fsp3) is 0.552. The van der Waals surface area contributed by atoms with Gasteiger partial charge in [-0.15, -0.1) is 0 Å². The first-order valence-electron chi connectivity index (χ1n) is 13.3. The number of hydrogen-bond donors (Lipinski definition) is 2. The summed E-state index contributed by atoms with van der Waals surface area (Å²) in [5.74, 6) is 0.217. The third kappa shape index (κ3) is 6.59. The Labute approximate surface area is 237 Å². The molecule has 1 aromatic heterocycles. The summed E-state index contributed by atoms with van der Waals surface area (Å²) in [6.45, 7) is 14.4. The zero-order valence-corrected chi connectivity index (χ0v) is 25.3. The number of aryl methyl sites for hydroxylation is 2. The normalized spacial score (nSPS) is 19.2. The minimum atomic E-state index is -0.893. The summed E-state index contributed by atoms with van der Waals surface area (Å²) in [7, 11) is 0. The van der Waals surface area contributed by atoms with Gasteiger partial charge in [-0.25, -0.2) is 4.79 Å². The lowest BCUT2D eigenvalue weighted by Gasteiger charge is -2.35. The van der Waals surface area contributed by atoms with Crippen molar-refractivity contribution in [1.29, 1.82) is 0 Å². The topological polar surface area (TPSA) is 110 Å². The molecular weight excluding hydrogens is 566 g/mol. The highest BCUT2D eigenvalue weighted by Gasteiger charge is 2.42. The third-order valence-electron chi connectivity index (χ3n) is 7.16. The Balaban J connectivity index is 1.41. The molecule has 2 N–H and O–H groups in total. The van der Waals surface area contributed by atoms with Crippen molar-refractivity contribution in [2.75, 3.05) is 13.1 Å². The molecule has 0 saturated carbocycles. The van der Waals surface area contributed by atoms with E-state index in [1.54, 1.807) is 11.0 Å². The molecular formula is C29H38BrN3O6. The highest BCUT2D eigenvalue weighted by Crippen LogP contribution is 2.49. The molecule has 0 aliphatic carbocycles. The van der Waals surface area contributed by atoms with Gasteiger partial charge in [0.25, 0.3) is 11.5 Å². The number of fused-ring (bicyclic) bond motifs is 1. The molecule has 39 heavy (non-hydrogen) atoms. The average Bonchev–Trinajstić information content (AvgIpc) is 3.18. The quantitative estimate of drug-likeness (QED) is 0.466. The Morgan fingerprint density at radius 1 is 1.15 bits per heavy atom. The van der Waals surface area contributed by atoms with E-state index in [9.17, 15) is 14.4 Å². The SMILES string of the molecule is Cc1cc(C)c(CNC(=O)c2cc(Br)c3c(c2C)OC(C)(CC2CCN(C(=O)OC(C)(C)C)CC2)O3)c(=O)[nH]1. The number of likely N-dealkylation sites (tertiary alicyclic amines) is 1. The van der Waals surface area contributed by atoms with E-state index in [4.69, 9.17) is 14.2 Å². The van der Waals surface area contributed by atoms with E-state index in [0.717, 1.165) is 24.1 Å². The van der Waals surface area contributed by atoms with Gasteiger partial charge in [0.2, 0.25) is 5.79 Å². The molecule has 10 heteroatoms. The maximum Gasteiger partial charge on any atom is 0.410 e. The van der Waals surface area contributed by atoms with E-state index in [-0.39, 0.29) is 24.1 Å². The second-order valence-electron chi connectivity index (χ2n) is 11.8. The monoisotopic (exact) mass is 603 g/mol. The molecule has 1 aromatic carbocycles. The Kier molecular flexibility index (Phi) is 8.08. The van der Waals surface area contributed by atoms with E-state index in [1.165, 1.54) is 0 Å². The first-order chi connectivity index (χ1) is 18.2. The molecule has 2 aliphatic rings. The number of nitrogens with zero attached hydrogens (tertiary/aromatic N) is 1. The Hall–Kier alpha value is -3.01. The number of halogens is 1. The summed E-state index contributed by atoms with van der Waals surface area (Å²) >= 11 is 3.55. The number of aromatic nitrogens is 1. The zero-order chi connectivity index (χ0) is 28.7. The number of benzene rings is 1. The van der Waals surface area contributed by atoms with Gasteiger partial charge >= 0.3 is 6.09 Å². The Bertz CT molecular complexity index is 1340. The lowest BCUT2D eigenvalue weighted by atomic mass is 9.90. The van der Waals surface area contributed by atoms with Gasteiger partial charge in [-0.05, 0) is 93.9 Å². The van der Waals surface area contributed by atoms with Gasteiger partial charge in [0.15, 0.2) is 11.5 Å². The van der Waals surface area contributed by atoms with Crippen molar-refractivity contribution in [2.45, 2.75) is 85.7 Å². The van der Waals surface area contributed by atoms with Gasteiger partial charge < -0.3 is 29.4 Å². The number of piperidine rings is 1. The number of carbonyl (C=O) groups excluding carboxylic acids is 2. The van der Waals surface area contributed by atoms with Gasteiger partial charge in [-0.3, -0.25) is 9.59 Å². The van der Waals surface area contributed by atoms with Crippen LogP contribution in [0.2, 0.25) is 0 Å². The molecule has 1 fully saturated rings. The van der Waals surface area contributed by atoms with Crippen molar-refractivity contribution in [3.8, 4) is 11.5 Å². The molecule has 212 valence electrons. The van der Waals surface area contributed by atoms with Gasteiger partial charge in [-0.1, -0.05) is 0 Å². The van der Waals surface area contributed by atoms with Crippen LogP contribution < -0.4 is 20.3 Å². The van der Waals surface area contributed by atoms with Crippen molar-refractivity contribution < 1.29 is 23.8 Å². The largest absolute Gasteiger partial charge is 0.448 e. The van der Waals surface area contributed by atoms with Gasteiger partial charge in [0, 0.05) is 55.4 Å². The Morgan fingerprint density at radius 3 is 2.41 bits per heavy atom. The van der Waals surface area contributed by atoms with Crippen LogP contribution in [-0.2, 0) is 11.3 Å². The molecule has 1 unspecified atom stereocenters. The first kappa shape index (κ1) is 29.0. The number of aromatic amines is 1. The Morgan fingerprint density at radius 2 is 1.79 bits per heavy atom. The lowest BCUT2D eigenvalue weighted by molar-refractivity contribution is -0.0848. The smallest absolute Gasteiger partial charge is 0.410 e. The van der Waals surface area contributed by atoms with Crippen LogP contribution in [0, 0.1) is 26.7 Å². The van der Waals surface area contributed by atoms with Crippen molar-refractivity contribution in [1.82, 2.24) is 15.2 Å². The van der Waals surface area contributed by atoms with E-state index in [1.807, 2.05) is 54.5 Å². The molecule has 2 aromatic rings. The third-order valence-corrected chi connectivity index (χ3v) is 7.75. The number of rotatable bonds is 5. The molecule has 0 spiro atoms. The molecule has 2 aliphatic heterocycles. The van der Waals surface area contributed by atoms with Crippen LogP contribution in [0.4, 0.5) is 4.79 Å². The number of amides is 2. The van der Waals surface area contributed by atoms with Crippen molar-refractivity contribution in [2.24, 2.45) is 5.92 Å². The van der Waals surface area contributed by atoms with E-state index in [2.05, 4.69) is 26.2 Å². The molecule has 2 amide bonds. The van der Waals surface area contributed by atoms with Crippen LogP contribution in [0.3, 0.4) is 0 Å². The molecule has 3 heterocycles. The second kappa shape index (κ2) is 10.9. The summed E-state index contributed by atoms with van der Waals surface area (Å²) in [6, 6.07) is 3.61. The van der Waals surface area contributed by atoms with Crippen LogP contribution in [0.5, 0.6) is 11.5 Å². The summed E-state index contributed by atoms with van der Waals surface area (Å²) < 4.78 is 18.8. The number of carbonyl (C=O) groups is 2. The van der Waals surface area contributed by atoms with Crippen molar-refractivity contribution in [3.05, 3.63) is 54.9 Å². The summed E-state index contributed by atoms with van der Waals surface area (Å²) in [5, 5.41) is 2.87. The number of hydrogen-bond acceptors (Lipinski definition) is 6. The van der Waals surface area contributed by atoms with Crippen LogP contribution >= 0.6 is 15.9 Å². The maximum absolute atomic E-state index is 13.1. The van der Waals surface area contributed by atoms with E-state index >= 15 is 0 Å². The molecule has 0 bridgehead atoms. The highest BCUT2D eigenvalue weighted by molar-refractivity contribution is 9.10. The lowest BCUT2D eigenvalue weighted by Crippen LogP contribution is -2.44. The van der Waals surface area contributed by atoms with Gasteiger partial charge in [0.05, 0.1) is 4.47 Å². The highest BCUT2D eigenvalue weighted by atomic mass is 79.9. The fourth-order valence-electron chi connectivity index (χ4n) is 5.23. The van der Waals surface area contributed by atoms with Crippen LogP contribution in [0.15, 0.2) is 21.4 Å². The molecule has 4 rings (SSSR count). The molecule has 1 saturated heterocycles. The van der Waals surface area contributed by atoms with E-state index < -0.39 is 11.4 Å². The minimum Gasteiger partial charge on any atom is -0.448 e. The number of H-pyrrole nitrogens is 1. The van der Waals surface area contributed by atoms with Gasteiger partial charge in [-0.2, -0.15) is 0 Å². The fourth-order valence-corrected chi connectivity index (χ4v) is 5.72. The number of nitrogens with one attached hydrogen (secondary N) is 2. The van der Waals surface area contributed by atoms with Crippen LogP contribution in [-0.4, -0.2) is 46.4 Å². The molecule has 0 radical (unpaired) electrons. The summed E-state index contributed by atoms with van der Waals surface area (Å²) in [6.07, 6.45) is 2.01. The standard InChI is InChI=1S/C29H38BrN3O6/c1-16-12-17(2)32-26(35)21(16)15-31-25(34)20-13-22(30)24-23(18(20)3)37-29(7,38-24)14-19-8-10-33(11-9-19)27(36)39-28(4,5)6/h12-13,19H,8-11,14-15H2,1-7H3,(H,31,34)(H,32,35). The van der Waals surface area contributed by atoms with Gasteiger partial charge in [0.1, 0.15) is 5.60 Å². The number of ether oxygens (including phenoxy) is 3. The molecule has 1 atom stereocenters. The van der Waals surface area contributed by atoms with Crippen LogP contribution in [0.25, 0.3) is 0 Å². The first-order valence-corrected chi connectivity index (χ1v) is 14.1. The minimum absolute atomic E-state index is 0.117. The van der Waals surface area contributed by atoms with Crippen LogP contribution in [0.1, 0.15) is 79.7 Å². The summed E-state index contributed by atoms with van der Waals surface area (Å²) in [4.78, 5) is 42.4. The van der Waals surface area contributed by atoms with E-state index in [0.29, 0.717) is 58.1 Å². The predicted molar refractivity (Wildman–Crippen MR) is 151 cm³/mol. The van der Waals surface area contributed by atoms with Crippen molar-refractivity contribution in [3.63, 3.8) is 0 Å². The van der Waals surface area contributed by atoms with Crippen molar-refractivity contribution >= 4 is 27.9 Å². The molecule has 9 nitrogen and oxygen atoms in total. The maximum atomic E-state index is 13.1. The second-order valence-corrected chi connectivity index (χ2v) is 12.6. The number of pyridine rings is 1. The summed E-state index contributed by atoms with van der Waals surface area (Å²) in [5.41, 5.74) is 2.52. The predicted octanol–water partition coefficient (Wildman–Crippen LogP) is 5.52.